The van der Waals surface area contributed by atoms with Crippen molar-refractivity contribution in [3.63, 3.8) is 0 Å². The van der Waals surface area contributed by atoms with Crippen LogP contribution in [-0.2, 0) is 9.53 Å². The monoisotopic (exact) mass is 280 g/mol. The highest BCUT2D eigenvalue weighted by atomic mass is 16.5. The van der Waals surface area contributed by atoms with Crippen LogP contribution in [0.4, 0.5) is 0 Å². The Morgan fingerprint density at radius 1 is 1.50 bits per heavy atom. The molecule has 0 aromatic carbocycles. The quantitative estimate of drug-likeness (QED) is 0.770. The van der Waals surface area contributed by atoms with E-state index in [9.17, 15) is 15.0 Å². The molecule has 0 aliphatic heterocycles. The summed E-state index contributed by atoms with van der Waals surface area (Å²) >= 11 is 0. The van der Waals surface area contributed by atoms with E-state index in [-0.39, 0.29) is 24.9 Å². The van der Waals surface area contributed by atoms with Gasteiger partial charge in [-0.15, -0.1) is 6.58 Å². The number of ether oxygens (including phenoxy) is 1. The van der Waals surface area contributed by atoms with Gasteiger partial charge in [-0.05, 0) is 31.9 Å². The summed E-state index contributed by atoms with van der Waals surface area (Å²) in [5, 5.41) is 19.6. The van der Waals surface area contributed by atoms with Crippen molar-refractivity contribution in [2.75, 3.05) is 13.7 Å². The summed E-state index contributed by atoms with van der Waals surface area (Å²) in [7, 11) is 1.57. The molecule has 0 fully saturated rings. The second kappa shape index (κ2) is 7.53. The van der Waals surface area contributed by atoms with Crippen LogP contribution in [0.15, 0.2) is 35.5 Å². The summed E-state index contributed by atoms with van der Waals surface area (Å²) in [6, 6.07) is 0. The van der Waals surface area contributed by atoms with E-state index in [2.05, 4.69) is 6.58 Å². The first-order valence-corrected chi connectivity index (χ1v) is 6.76. The number of carbonyl (C=O) groups is 1. The average molecular weight is 280 g/mol. The lowest BCUT2D eigenvalue weighted by atomic mass is 9.85. The molecule has 0 aromatic rings. The minimum atomic E-state index is -1.05. The highest BCUT2D eigenvalue weighted by Crippen LogP contribution is 2.26. The van der Waals surface area contributed by atoms with E-state index in [0.29, 0.717) is 12.0 Å². The number of allylic oxidation sites excluding steroid dienone is 1. The largest absolute Gasteiger partial charge is 0.392 e. The fraction of sp³-hybridized carbons (Fsp3) is 0.562. The molecule has 1 aliphatic rings. The molecule has 2 N–H and O–H groups in total. The van der Waals surface area contributed by atoms with E-state index in [4.69, 9.17) is 4.74 Å². The molecule has 1 aliphatic carbocycles. The third-order valence-corrected chi connectivity index (χ3v) is 3.47. The Bertz CT molecular complexity index is 434. The van der Waals surface area contributed by atoms with Gasteiger partial charge in [0.25, 0.3) is 0 Å². The Morgan fingerprint density at radius 2 is 2.15 bits per heavy atom. The molecule has 0 bridgehead atoms. The lowest BCUT2D eigenvalue weighted by molar-refractivity contribution is -0.130. The molecule has 0 saturated heterocycles. The molecule has 0 amide bonds. The van der Waals surface area contributed by atoms with Crippen molar-refractivity contribution >= 4 is 5.78 Å². The van der Waals surface area contributed by atoms with E-state index < -0.39 is 12.0 Å². The Morgan fingerprint density at radius 3 is 2.65 bits per heavy atom. The molecule has 4 heteroatoms. The molecule has 112 valence electrons. The normalized spacial score (nSPS) is 28.1. The zero-order valence-corrected chi connectivity index (χ0v) is 12.4. The van der Waals surface area contributed by atoms with Crippen molar-refractivity contribution in [1.82, 2.24) is 0 Å². The maximum atomic E-state index is 12.4. The van der Waals surface area contributed by atoms with Gasteiger partial charge in [-0.2, -0.15) is 0 Å². The molecule has 3 unspecified atom stereocenters. The first-order valence-electron chi connectivity index (χ1n) is 6.76. The Labute approximate surface area is 120 Å². The van der Waals surface area contributed by atoms with Gasteiger partial charge in [0.1, 0.15) is 6.10 Å². The number of ketones is 1. The standard InChI is InChI=1S/C16H24O4/c1-10(2)5-14-12(9-17)8-13(20-4)6-11(3)7-15(18)16(14)19/h6,8,13-15,17-18H,1,5,7,9H2,2-4H3. The molecule has 0 saturated carbocycles. The number of hydrogen-bond acceptors (Lipinski definition) is 4. The first kappa shape index (κ1) is 16.8. The summed E-state index contributed by atoms with van der Waals surface area (Å²) in [6.07, 6.45) is 2.97. The highest BCUT2D eigenvalue weighted by Gasteiger charge is 2.29. The minimum Gasteiger partial charge on any atom is -0.392 e. The summed E-state index contributed by atoms with van der Waals surface area (Å²) in [6.45, 7) is 7.28. The molecule has 3 atom stereocenters. The SMILES string of the molecule is C=C(C)CC1C(=O)C(O)CC(C)=CC(OC)C=C1CO. The Balaban J connectivity index is 3.22. The van der Waals surface area contributed by atoms with Crippen molar-refractivity contribution in [3.05, 3.63) is 35.5 Å². The number of carbonyl (C=O) groups excluding carboxylic acids is 1. The zero-order chi connectivity index (χ0) is 15.3. The molecule has 0 spiro atoms. The van der Waals surface area contributed by atoms with Crippen molar-refractivity contribution in [2.45, 2.75) is 38.9 Å². The Hall–Kier alpha value is -1.23. The lowest BCUT2D eigenvalue weighted by Gasteiger charge is -2.21. The predicted molar refractivity (Wildman–Crippen MR) is 78.3 cm³/mol. The van der Waals surface area contributed by atoms with Crippen LogP contribution in [-0.4, -0.2) is 41.9 Å². The summed E-state index contributed by atoms with van der Waals surface area (Å²) in [4.78, 5) is 12.4. The molecular formula is C16H24O4. The van der Waals surface area contributed by atoms with Crippen molar-refractivity contribution in [2.24, 2.45) is 5.92 Å². The molecule has 4 nitrogen and oxygen atoms in total. The van der Waals surface area contributed by atoms with Crippen LogP contribution in [0.1, 0.15) is 26.7 Å². The van der Waals surface area contributed by atoms with Crippen LogP contribution in [0.3, 0.4) is 0 Å². The molecule has 0 aromatic heterocycles. The van der Waals surface area contributed by atoms with Crippen LogP contribution in [0.25, 0.3) is 0 Å². The fourth-order valence-corrected chi connectivity index (χ4v) is 2.42. The number of methoxy groups -OCH3 is 1. The molecular weight excluding hydrogens is 256 g/mol. The lowest BCUT2D eigenvalue weighted by Crippen LogP contribution is -2.30. The van der Waals surface area contributed by atoms with Gasteiger partial charge in [0, 0.05) is 19.4 Å². The molecule has 20 heavy (non-hydrogen) atoms. The van der Waals surface area contributed by atoms with E-state index in [1.54, 1.807) is 13.2 Å². The van der Waals surface area contributed by atoms with Gasteiger partial charge in [0.15, 0.2) is 5.78 Å². The van der Waals surface area contributed by atoms with E-state index >= 15 is 0 Å². The summed E-state index contributed by atoms with van der Waals surface area (Å²) < 4.78 is 5.33. The van der Waals surface area contributed by atoms with E-state index in [1.165, 1.54) is 0 Å². The van der Waals surface area contributed by atoms with Crippen LogP contribution in [0.5, 0.6) is 0 Å². The van der Waals surface area contributed by atoms with Gasteiger partial charge < -0.3 is 14.9 Å². The maximum Gasteiger partial charge on any atom is 0.169 e. The Kier molecular flexibility index (Phi) is 6.33. The van der Waals surface area contributed by atoms with Gasteiger partial charge >= 0.3 is 0 Å². The van der Waals surface area contributed by atoms with Gasteiger partial charge in [0.05, 0.1) is 12.7 Å². The topological polar surface area (TPSA) is 66.8 Å². The fourth-order valence-electron chi connectivity index (χ4n) is 2.42. The number of hydrogen-bond donors (Lipinski definition) is 2. The number of aliphatic hydroxyl groups excluding tert-OH is 2. The minimum absolute atomic E-state index is 0.233. The van der Waals surface area contributed by atoms with Gasteiger partial charge in [0.2, 0.25) is 0 Å². The van der Waals surface area contributed by atoms with Gasteiger partial charge in [-0.1, -0.05) is 17.2 Å². The van der Waals surface area contributed by atoms with E-state index in [0.717, 1.165) is 11.1 Å². The van der Waals surface area contributed by atoms with Crippen molar-refractivity contribution in [3.8, 4) is 0 Å². The second-order valence-corrected chi connectivity index (χ2v) is 5.45. The summed E-state index contributed by atoms with van der Waals surface area (Å²) in [5.74, 6) is -0.803. The van der Waals surface area contributed by atoms with Crippen LogP contribution in [0.2, 0.25) is 0 Å². The predicted octanol–water partition coefficient (Wildman–Crippen LogP) is 1.78. The smallest absolute Gasteiger partial charge is 0.169 e. The number of rotatable bonds is 4. The van der Waals surface area contributed by atoms with Crippen molar-refractivity contribution in [1.29, 1.82) is 0 Å². The van der Waals surface area contributed by atoms with Crippen LogP contribution < -0.4 is 0 Å². The van der Waals surface area contributed by atoms with Crippen LogP contribution >= 0.6 is 0 Å². The average Bonchev–Trinajstić information content (AvgIpc) is 2.42. The zero-order valence-electron chi connectivity index (χ0n) is 12.4. The third-order valence-electron chi connectivity index (χ3n) is 3.47. The highest BCUT2D eigenvalue weighted by molar-refractivity contribution is 5.88. The van der Waals surface area contributed by atoms with Gasteiger partial charge in [-0.25, -0.2) is 0 Å². The second-order valence-electron chi connectivity index (χ2n) is 5.45. The third kappa shape index (κ3) is 4.40. The summed E-state index contributed by atoms with van der Waals surface area (Å²) in [5.41, 5.74) is 2.31. The van der Waals surface area contributed by atoms with Crippen molar-refractivity contribution < 1.29 is 19.7 Å². The number of aliphatic hydroxyl groups is 2. The first-order chi connectivity index (χ1) is 9.38. The molecule has 1 rings (SSSR count). The number of Topliss-reactive ketones (excluding diaryl/α,β-unsaturated/α-hetero) is 1. The maximum absolute atomic E-state index is 12.4. The van der Waals surface area contributed by atoms with Crippen LogP contribution in [0, 0.1) is 5.92 Å². The van der Waals surface area contributed by atoms with E-state index in [1.807, 2.05) is 19.9 Å². The van der Waals surface area contributed by atoms with Gasteiger partial charge in [-0.3, -0.25) is 4.79 Å². The molecule has 0 heterocycles. The molecule has 0 radical (unpaired) electrons.